The van der Waals surface area contributed by atoms with Crippen LogP contribution in [0.15, 0.2) is 33.4 Å². The molecule has 0 atom stereocenters. The lowest BCUT2D eigenvalue weighted by Crippen LogP contribution is -2.20. The van der Waals surface area contributed by atoms with Crippen molar-refractivity contribution in [2.45, 2.75) is 5.03 Å². The average Bonchev–Trinajstić information content (AvgIpc) is 2.70. The van der Waals surface area contributed by atoms with Gasteiger partial charge in [-0.25, -0.2) is 13.4 Å². The number of nitrogens with one attached hydrogen (secondary N) is 1. The Balaban J connectivity index is 2.23. The topological polar surface area (TPSA) is 97.9 Å². The van der Waals surface area contributed by atoms with Crippen molar-refractivity contribution >= 4 is 28.0 Å². The second-order valence-corrected chi connectivity index (χ2v) is 5.00. The zero-order chi connectivity index (χ0) is 11.6. The summed E-state index contributed by atoms with van der Waals surface area (Å²) in [6, 6.07) is 4.62. The van der Waals surface area contributed by atoms with E-state index in [1.54, 1.807) is 12.1 Å². The first-order valence-electron chi connectivity index (χ1n) is 4.30. The Kier molecular flexibility index (Phi) is 2.57. The number of pyridine rings is 1. The number of nitrogens with zero attached hydrogens (tertiary/aromatic N) is 4. The Morgan fingerprint density at radius 3 is 2.75 bits per heavy atom. The molecule has 1 aromatic rings. The molecule has 2 rings (SSSR count). The molecule has 0 spiro atoms. The molecule has 1 radical (unpaired) electrons. The number of anilines is 1. The van der Waals surface area contributed by atoms with Crippen molar-refractivity contribution in [3.05, 3.63) is 18.2 Å². The summed E-state index contributed by atoms with van der Waals surface area (Å²) in [6.07, 6.45) is 2.38. The van der Waals surface area contributed by atoms with Gasteiger partial charge in [0.05, 0.1) is 0 Å². The summed E-state index contributed by atoms with van der Waals surface area (Å²) < 4.78 is 22.5. The fourth-order valence-electron chi connectivity index (χ4n) is 1.05. The molecule has 0 unspecified atom stereocenters. The van der Waals surface area contributed by atoms with E-state index in [1.165, 1.54) is 12.4 Å². The molecule has 7 nitrogen and oxygen atoms in total. The minimum atomic E-state index is -3.31. The highest BCUT2D eigenvalue weighted by atomic mass is 32.2. The summed E-state index contributed by atoms with van der Waals surface area (Å²) in [5.74, 6) is 0.633. The lowest BCUT2D eigenvalue weighted by atomic mass is 10.5. The Labute approximate surface area is 92.2 Å². The van der Waals surface area contributed by atoms with E-state index < -0.39 is 9.84 Å². The predicted octanol–water partition coefficient (Wildman–Crippen LogP) is -0.186. The van der Waals surface area contributed by atoms with Gasteiger partial charge in [-0.3, -0.25) is 0 Å². The van der Waals surface area contributed by atoms with Gasteiger partial charge in [0.25, 0.3) is 0 Å². The monoisotopic (exact) mass is 238 g/mol. The molecular weight excluding hydrogens is 230 g/mol. The summed E-state index contributed by atoms with van der Waals surface area (Å²) in [7, 11) is -3.31. The van der Waals surface area contributed by atoms with Crippen LogP contribution in [0.1, 0.15) is 0 Å². The number of guanidine groups is 1. The van der Waals surface area contributed by atoms with E-state index in [4.69, 9.17) is 0 Å². The smallest absolute Gasteiger partial charge is 0.249 e. The summed E-state index contributed by atoms with van der Waals surface area (Å²) in [5.41, 5.74) is 0. The number of sulfone groups is 1. The van der Waals surface area contributed by atoms with E-state index in [0.717, 1.165) is 6.26 Å². The summed E-state index contributed by atoms with van der Waals surface area (Å²) in [4.78, 5) is 3.91. The largest absolute Gasteiger partial charge is 0.307 e. The normalized spacial score (nSPS) is 14.4. The minimum Gasteiger partial charge on any atom is -0.307 e. The highest BCUT2D eigenvalue weighted by Crippen LogP contribution is 2.09. The van der Waals surface area contributed by atoms with Crippen molar-refractivity contribution in [3.8, 4) is 0 Å². The maximum absolute atomic E-state index is 11.3. The van der Waals surface area contributed by atoms with Gasteiger partial charge in [-0.2, -0.15) is 5.32 Å². The number of hydrogen-bond donors (Lipinski definition) is 1. The lowest BCUT2D eigenvalue weighted by Gasteiger charge is -2.04. The van der Waals surface area contributed by atoms with Gasteiger partial charge < -0.3 is 5.32 Å². The first kappa shape index (κ1) is 10.6. The summed E-state index contributed by atoms with van der Waals surface area (Å²) in [6.45, 7) is 0. The number of rotatable bonds is 2. The van der Waals surface area contributed by atoms with Gasteiger partial charge in [-0.1, -0.05) is 6.07 Å². The van der Waals surface area contributed by atoms with Crippen molar-refractivity contribution in [1.82, 2.24) is 10.3 Å². The third kappa shape index (κ3) is 2.34. The van der Waals surface area contributed by atoms with Gasteiger partial charge in [0.15, 0.2) is 14.9 Å². The van der Waals surface area contributed by atoms with E-state index >= 15 is 0 Å². The van der Waals surface area contributed by atoms with Crippen LogP contribution in [-0.4, -0.2) is 32.0 Å². The Morgan fingerprint density at radius 2 is 2.12 bits per heavy atom. The van der Waals surface area contributed by atoms with Crippen molar-refractivity contribution < 1.29 is 8.42 Å². The molecule has 1 aromatic heterocycles. The van der Waals surface area contributed by atoms with Crippen LogP contribution in [0.3, 0.4) is 0 Å². The SMILES string of the molecule is CS(=O)(=O)c1cccc(NC2=NN=C[N]2)n1. The summed E-state index contributed by atoms with van der Waals surface area (Å²) >= 11 is 0. The Bertz CT molecular complexity index is 564. The van der Waals surface area contributed by atoms with Crippen LogP contribution in [0.5, 0.6) is 0 Å². The minimum absolute atomic E-state index is 0.00276. The van der Waals surface area contributed by atoms with Crippen LogP contribution in [-0.2, 0) is 9.84 Å². The number of hydrogen-bond acceptors (Lipinski definition) is 6. The third-order valence-corrected chi connectivity index (χ3v) is 2.71. The molecule has 1 aliphatic rings. The average molecular weight is 238 g/mol. The van der Waals surface area contributed by atoms with Crippen LogP contribution in [0.25, 0.3) is 0 Å². The first-order chi connectivity index (χ1) is 7.55. The van der Waals surface area contributed by atoms with Crippen LogP contribution in [0.4, 0.5) is 5.82 Å². The quantitative estimate of drug-likeness (QED) is 0.772. The van der Waals surface area contributed by atoms with Gasteiger partial charge in [-0.15, -0.1) is 10.2 Å². The van der Waals surface area contributed by atoms with Crippen molar-refractivity contribution in [1.29, 1.82) is 0 Å². The first-order valence-corrected chi connectivity index (χ1v) is 6.19. The number of aromatic nitrogens is 1. The fraction of sp³-hybridized carbons (Fsp3) is 0.125. The molecule has 0 fully saturated rings. The standard InChI is InChI=1S/C8H8N5O2S/c1-16(14,15)7-4-2-3-6(11-7)12-8-9-5-10-13-8/h2-5H,1H3,(H,11,12,13). The van der Waals surface area contributed by atoms with Crippen molar-refractivity contribution in [3.63, 3.8) is 0 Å². The molecule has 2 heterocycles. The van der Waals surface area contributed by atoms with Gasteiger partial charge in [-0.05, 0) is 12.1 Å². The van der Waals surface area contributed by atoms with Crippen LogP contribution in [0.2, 0.25) is 0 Å². The molecule has 1 N–H and O–H groups in total. The molecule has 0 amide bonds. The molecule has 8 heteroatoms. The molecule has 0 aliphatic carbocycles. The molecular formula is C8H8N5O2S. The zero-order valence-electron chi connectivity index (χ0n) is 8.32. The zero-order valence-corrected chi connectivity index (χ0v) is 9.14. The predicted molar refractivity (Wildman–Crippen MR) is 59.0 cm³/mol. The van der Waals surface area contributed by atoms with Crippen molar-refractivity contribution in [2.24, 2.45) is 10.2 Å². The Hall–Kier alpha value is -1.96. The van der Waals surface area contributed by atoms with E-state index in [2.05, 4.69) is 25.8 Å². The van der Waals surface area contributed by atoms with E-state index in [9.17, 15) is 8.42 Å². The molecule has 83 valence electrons. The van der Waals surface area contributed by atoms with Gasteiger partial charge >= 0.3 is 0 Å². The maximum Gasteiger partial charge on any atom is 0.249 e. The highest BCUT2D eigenvalue weighted by molar-refractivity contribution is 7.90. The summed E-state index contributed by atoms with van der Waals surface area (Å²) in [5, 5.41) is 13.7. The Morgan fingerprint density at radius 1 is 1.31 bits per heavy atom. The highest BCUT2D eigenvalue weighted by Gasteiger charge is 2.11. The molecule has 16 heavy (non-hydrogen) atoms. The van der Waals surface area contributed by atoms with Crippen molar-refractivity contribution in [2.75, 3.05) is 11.6 Å². The second-order valence-electron chi connectivity index (χ2n) is 3.04. The molecule has 1 aliphatic heterocycles. The third-order valence-electron chi connectivity index (χ3n) is 1.73. The van der Waals surface area contributed by atoms with Crippen LogP contribution < -0.4 is 10.6 Å². The molecule has 0 bridgehead atoms. The van der Waals surface area contributed by atoms with Crippen LogP contribution in [0, 0.1) is 0 Å². The van der Waals surface area contributed by atoms with Gasteiger partial charge in [0.1, 0.15) is 12.2 Å². The maximum atomic E-state index is 11.3. The van der Waals surface area contributed by atoms with E-state index in [1.807, 2.05) is 0 Å². The fourth-order valence-corrected chi connectivity index (χ4v) is 1.64. The van der Waals surface area contributed by atoms with E-state index in [-0.39, 0.29) is 11.0 Å². The molecule has 0 saturated heterocycles. The molecule has 0 saturated carbocycles. The van der Waals surface area contributed by atoms with Gasteiger partial charge in [0.2, 0.25) is 5.96 Å². The van der Waals surface area contributed by atoms with E-state index in [0.29, 0.717) is 5.82 Å². The lowest BCUT2D eigenvalue weighted by molar-refractivity contribution is 0.598. The second kappa shape index (κ2) is 3.89. The van der Waals surface area contributed by atoms with Crippen LogP contribution >= 0.6 is 0 Å². The molecule has 0 aromatic carbocycles. The van der Waals surface area contributed by atoms with Gasteiger partial charge in [0, 0.05) is 6.26 Å².